The van der Waals surface area contributed by atoms with Gasteiger partial charge in [-0.25, -0.2) is 17.5 Å². The first-order valence-corrected chi connectivity index (χ1v) is 12.2. The number of hydrogen-bond acceptors (Lipinski definition) is 5. The van der Waals surface area contributed by atoms with Crippen molar-refractivity contribution in [2.75, 3.05) is 6.54 Å². The molecule has 1 aromatic heterocycles. The van der Waals surface area contributed by atoms with Crippen molar-refractivity contribution in [3.05, 3.63) is 71.8 Å². The van der Waals surface area contributed by atoms with Gasteiger partial charge in [-0.2, -0.15) is 9.40 Å². The zero-order chi connectivity index (χ0) is 22.2. The average Bonchev–Trinajstić information content (AvgIpc) is 3.36. The van der Waals surface area contributed by atoms with Gasteiger partial charge in [-0.3, -0.25) is 4.79 Å². The fourth-order valence-electron chi connectivity index (χ4n) is 3.75. The molecule has 1 aliphatic rings. The number of carbonyl (C=O) groups is 1. The number of hydrogen-bond donors (Lipinski definition) is 0. The molecule has 4 rings (SSSR count). The van der Waals surface area contributed by atoms with Crippen LogP contribution >= 0.6 is 11.8 Å². The van der Waals surface area contributed by atoms with Crippen LogP contribution in [0.4, 0.5) is 4.39 Å². The highest BCUT2D eigenvalue weighted by Crippen LogP contribution is 2.34. The van der Waals surface area contributed by atoms with Gasteiger partial charge in [0.15, 0.2) is 0 Å². The molecule has 0 radical (unpaired) electrons. The van der Waals surface area contributed by atoms with E-state index in [4.69, 9.17) is 0 Å². The van der Waals surface area contributed by atoms with Crippen LogP contribution in [0.15, 0.2) is 69.3 Å². The summed E-state index contributed by atoms with van der Waals surface area (Å²) in [5.41, 5.74) is 1.40. The molecular weight excluding hydrogens is 437 g/mol. The normalized spacial score (nSPS) is 17.2. The predicted molar refractivity (Wildman–Crippen MR) is 116 cm³/mol. The summed E-state index contributed by atoms with van der Waals surface area (Å²) in [6.45, 7) is 3.89. The molecule has 0 spiro atoms. The topological polar surface area (TPSA) is 72.3 Å². The molecule has 1 saturated heterocycles. The summed E-state index contributed by atoms with van der Waals surface area (Å²) in [5.74, 6) is -0.886. The van der Waals surface area contributed by atoms with E-state index in [0.29, 0.717) is 24.2 Å². The Morgan fingerprint density at radius 1 is 1.10 bits per heavy atom. The largest absolute Gasteiger partial charge is 0.271 e. The molecule has 0 amide bonds. The number of aryl methyl sites for hydroxylation is 1. The van der Waals surface area contributed by atoms with Gasteiger partial charge in [0, 0.05) is 11.4 Å². The van der Waals surface area contributed by atoms with Crippen LogP contribution in [0.25, 0.3) is 0 Å². The quantitative estimate of drug-likeness (QED) is 0.569. The molecule has 162 valence electrons. The number of carbonyl (C=O) groups excluding carboxylic acids is 1. The van der Waals surface area contributed by atoms with Gasteiger partial charge in [-0.1, -0.05) is 30.0 Å². The summed E-state index contributed by atoms with van der Waals surface area (Å²) in [4.78, 5) is 15.2. The van der Waals surface area contributed by atoms with E-state index >= 15 is 0 Å². The minimum atomic E-state index is -3.92. The van der Waals surface area contributed by atoms with Crippen LogP contribution in [-0.4, -0.2) is 41.0 Å². The number of aromatic nitrogens is 2. The van der Waals surface area contributed by atoms with E-state index in [2.05, 4.69) is 5.10 Å². The highest BCUT2D eigenvalue weighted by atomic mass is 32.2. The van der Waals surface area contributed by atoms with E-state index in [0.717, 1.165) is 21.9 Å². The van der Waals surface area contributed by atoms with Crippen LogP contribution in [0.2, 0.25) is 0 Å². The molecule has 0 aliphatic carbocycles. The Hall–Kier alpha value is -2.49. The maximum Gasteiger partial charge on any atom is 0.265 e. The summed E-state index contributed by atoms with van der Waals surface area (Å²) in [5, 5.41) is 4.43. The van der Waals surface area contributed by atoms with E-state index in [1.807, 2.05) is 44.2 Å². The summed E-state index contributed by atoms with van der Waals surface area (Å²) >= 11 is 1.52. The van der Waals surface area contributed by atoms with Crippen LogP contribution in [0, 0.1) is 19.7 Å². The Bertz CT molecular complexity index is 1210. The van der Waals surface area contributed by atoms with Gasteiger partial charge in [-0.15, -0.1) is 0 Å². The minimum Gasteiger partial charge on any atom is -0.271 e. The second kappa shape index (κ2) is 8.57. The van der Waals surface area contributed by atoms with E-state index < -0.39 is 21.9 Å². The molecule has 0 bridgehead atoms. The average molecular weight is 460 g/mol. The molecule has 9 heteroatoms. The van der Waals surface area contributed by atoms with E-state index in [-0.39, 0.29) is 17.3 Å². The first kappa shape index (κ1) is 21.7. The maximum absolute atomic E-state index is 13.4. The van der Waals surface area contributed by atoms with Crippen molar-refractivity contribution in [2.45, 2.75) is 47.4 Å². The number of sulfonamides is 1. The van der Waals surface area contributed by atoms with E-state index in [1.165, 1.54) is 32.9 Å². The lowest BCUT2D eigenvalue weighted by atomic mass is 10.2. The van der Waals surface area contributed by atoms with Crippen molar-refractivity contribution in [3.8, 4) is 0 Å². The van der Waals surface area contributed by atoms with Crippen LogP contribution in [0.1, 0.15) is 29.0 Å². The lowest BCUT2D eigenvalue weighted by Crippen LogP contribution is -2.43. The number of benzene rings is 2. The Morgan fingerprint density at radius 2 is 1.77 bits per heavy atom. The second-order valence-corrected chi connectivity index (χ2v) is 10.4. The molecule has 0 saturated carbocycles. The van der Waals surface area contributed by atoms with Gasteiger partial charge in [-0.05, 0) is 63.1 Å². The Morgan fingerprint density at radius 3 is 2.45 bits per heavy atom. The third-order valence-electron chi connectivity index (χ3n) is 5.31. The van der Waals surface area contributed by atoms with Gasteiger partial charge in [0.2, 0.25) is 10.0 Å². The van der Waals surface area contributed by atoms with Crippen molar-refractivity contribution in [1.29, 1.82) is 0 Å². The van der Waals surface area contributed by atoms with Gasteiger partial charge < -0.3 is 0 Å². The summed E-state index contributed by atoms with van der Waals surface area (Å²) in [7, 11) is -3.92. The third-order valence-corrected chi connectivity index (χ3v) is 8.53. The molecule has 1 unspecified atom stereocenters. The van der Waals surface area contributed by atoms with Crippen LogP contribution in [0.3, 0.4) is 0 Å². The second-order valence-electron chi connectivity index (χ2n) is 7.39. The minimum absolute atomic E-state index is 0.0257. The lowest BCUT2D eigenvalue weighted by molar-refractivity contribution is 0.0813. The summed E-state index contributed by atoms with van der Waals surface area (Å²) < 4.78 is 42.0. The standard InChI is InChI=1S/C22H22FN3O3S2/c1-15-21(30-18-7-4-3-5-8-18)16(2)26(24-15)22(27)20-9-6-14-25(20)31(28,29)19-12-10-17(23)11-13-19/h3-5,7-8,10-13,20H,6,9,14H2,1-2H3. The first-order chi connectivity index (χ1) is 14.8. The van der Waals surface area contributed by atoms with Crippen molar-refractivity contribution in [1.82, 2.24) is 14.1 Å². The monoisotopic (exact) mass is 459 g/mol. The van der Waals surface area contributed by atoms with Gasteiger partial charge in [0.1, 0.15) is 11.9 Å². The van der Waals surface area contributed by atoms with Crippen molar-refractivity contribution >= 4 is 27.7 Å². The molecule has 2 aromatic carbocycles. The number of nitrogens with zero attached hydrogens (tertiary/aromatic N) is 3. The molecule has 1 aliphatic heterocycles. The zero-order valence-electron chi connectivity index (χ0n) is 17.2. The molecule has 1 atom stereocenters. The SMILES string of the molecule is Cc1nn(C(=O)C2CCCN2S(=O)(=O)c2ccc(F)cc2)c(C)c1Sc1ccccc1. The molecule has 2 heterocycles. The molecular formula is C22H22FN3O3S2. The lowest BCUT2D eigenvalue weighted by Gasteiger charge is -2.23. The highest BCUT2D eigenvalue weighted by molar-refractivity contribution is 7.99. The fraction of sp³-hybridized carbons (Fsp3) is 0.273. The number of halogens is 1. The molecule has 31 heavy (non-hydrogen) atoms. The number of rotatable bonds is 5. The Kier molecular flexibility index (Phi) is 6.00. The van der Waals surface area contributed by atoms with Gasteiger partial charge in [0.05, 0.1) is 21.2 Å². The highest BCUT2D eigenvalue weighted by Gasteiger charge is 2.41. The summed E-state index contributed by atoms with van der Waals surface area (Å²) in [6.07, 6.45) is 0.987. The van der Waals surface area contributed by atoms with Crippen LogP contribution in [-0.2, 0) is 10.0 Å². The molecule has 3 aromatic rings. The third kappa shape index (κ3) is 4.17. The van der Waals surface area contributed by atoms with E-state index in [1.54, 1.807) is 0 Å². The molecule has 1 fully saturated rings. The smallest absolute Gasteiger partial charge is 0.265 e. The van der Waals surface area contributed by atoms with Crippen LogP contribution in [0.5, 0.6) is 0 Å². The van der Waals surface area contributed by atoms with Gasteiger partial charge in [0.25, 0.3) is 5.91 Å². The van der Waals surface area contributed by atoms with Crippen LogP contribution < -0.4 is 0 Å². The zero-order valence-corrected chi connectivity index (χ0v) is 18.8. The first-order valence-electron chi connectivity index (χ1n) is 9.90. The Balaban J connectivity index is 1.63. The Labute approximate surface area is 185 Å². The molecule has 0 N–H and O–H groups in total. The molecule has 6 nitrogen and oxygen atoms in total. The van der Waals surface area contributed by atoms with Crippen molar-refractivity contribution in [3.63, 3.8) is 0 Å². The van der Waals surface area contributed by atoms with E-state index in [9.17, 15) is 17.6 Å². The predicted octanol–water partition coefficient (Wildman–Crippen LogP) is 4.28. The van der Waals surface area contributed by atoms with Crippen molar-refractivity contribution < 1.29 is 17.6 Å². The van der Waals surface area contributed by atoms with Crippen molar-refractivity contribution in [2.24, 2.45) is 0 Å². The maximum atomic E-state index is 13.4. The summed E-state index contributed by atoms with van der Waals surface area (Å²) in [6, 6.07) is 13.6. The van der Waals surface area contributed by atoms with Gasteiger partial charge >= 0.3 is 0 Å². The fourth-order valence-corrected chi connectivity index (χ4v) is 6.36.